The molecule has 1 aromatic heterocycles. The molecule has 1 aromatic rings. The molecule has 0 aliphatic rings. The Morgan fingerprint density at radius 2 is 1.38 bits per heavy atom. The maximum Gasteiger partial charge on any atom is 0.0443 e. The maximum atomic E-state index is 4.60. The van der Waals surface area contributed by atoms with Crippen LogP contribution in [0.5, 0.6) is 0 Å². The molecule has 72 valence electrons. The summed E-state index contributed by atoms with van der Waals surface area (Å²) in [5.41, 5.74) is 2.33. The summed E-state index contributed by atoms with van der Waals surface area (Å²) < 4.78 is 1.13. The van der Waals surface area contributed by atoms with Crippen LogP contribution in [0.15, 0.2) is 16.6 Å². The van der Waals surface area contributed by atoms with E-state index in [-0.39, 0.29) is 0 Å². The molecule has 13 heavy (non-hydrogen) atoms. The first-order chi connectivity index (χ1) is 6.00. The number of hydrogen-bond donors (Lipinski definition) is 0. The summed E-state index contributed by atoms with van der Waals surface area (Å²) in [6, 6.07) is 4.19. The zero-order valence-corrected chi connectivity index (χ0v) is 10.2. The molecule has 0 atom stereocenters. The van der Waals surface area contributed by atoms with Crippen molar-refractivity contribution in [1.29, 1.82) is 0 Å². The van der Waals surface area contributed by atoms with E-state index in [1.165, 1.54) is 0 Å². The Labute approximate surface area is 88.7 Å². The smallest absolute Gasteiger partial charge is 0.0443 e. The molecule has 0 saturated carbocycles. The third kappa shape index (κ3) is 2.80. The molecule has 1 rings (SSSR count). The van der Waals surface area contributed by atoms with E-state index in [9.17, 15) is 0 Å². The van der Waals surface area contributed by atoms with Crippen molar-refractivity contribution >= 4 is 15.9 Å². The van der Waals surface area contributed by atoms with Crippen molar-refractivity contribution in [3.05, 3.63) is 28.0 Å². The Morgan fingerprint density at radius 1 is 1.00 bits per heavy atom. The lowest BCUT2D eigenvalue weighted by molar-refractivity contribution is 0.763. The maximum absolute atomic E-state index is 4.60. The Morgan fingerprint density at radius 3 is 1.69 bits per heavy atom. The van der Waals surface area contributed by atoms with Gasteiger partial charge in [-0.05, 0) is 24.0 Å². The molecular formula is C11H16BrN. The van der Waals surface area contributed by atoms with Crippen LogP contribution >= 0.6 is 15.9 Å². The molecule has 1 nitrogen and oxygen atoms in total. The van der Waals surface area contributed by atoms with Crippen LogP contribution in [-0.2, 0) is 0 Å². The highest BCUT2D eigenvalue weighted by atomic mass is 79.9. The monoisotopic (exact) mass is 241 g/mol. The minimum Gasteiger partial charge on any atom is -0.257 e. The molecule has 0 N–H and O–H groups in total. The van der Waals surface area contributed by atoms with E-state index >= 15 is 0 Å². The molecule has 0 saturated heterocycles. The van der Waals surface area contributed by atoms with Crippen molar-refractivity contribution in [1.82, 2.24) is 4.98 Å². The lowest BCUT2D eigenvalue weighted by Gasteiger charge is -2.10. The average molecular weight is 242 g/mol. The molecule has 0 fully saturated rings. The summed E-state index contributed by atoms with van der Waals surface area (Å²) in [5, 5.41) is 0. The van der Waals surface area contributed by atoms with Crippen LogP contribution in [0.3, 0.4) is 0 Å². The van der Waals surface area contributed by atoms with Crippen molar-refractivity contribution < 1.29 is 0 Å². The molecule has 0 radical (unpaired) electrons. The molecule has 0 aliphatic heterocycles. The van der Waals surface area contributed by atoms with Crippen molar-refractivity contribution in [2.45, 2.75) is 39.5 Å². The summed E-state index contributed by atoms with van der Waals surface area (Å²) in [4.78, 5) is 4.60. The van der Waals surface area contributed by atoms with Crippen LogP contribution in [0.1, 0.15) is 50.9 Å². The second-order valence-electron chi connectivity index (χ2n) is 3.94. The van der Waals surface area contributed by atoms with E-state index < -0.39 is 0 Å². The van der Waals surface area contributed by atoms with Gasteiger partial charge in [0.05, 0.1) is 0 Å². The fourth-order valence-corrected chi connectivity index (χ4v) is 1.60. The number of nitrogens with zero attached hydrogens (tertiary/aromatic N) is 1. The summed E-state index contributed by atoms with van der Waals surface area (Å²) in [6.45, 7) is 8.66. The number of aromatic nitrogens is 1. The van der Waals surface area contributed by atoms with Crippen LogP contribution in [0, 0.1) is 0 Å². The predicted octanol–water partition coefficient (Wildman–Crippen LogP) is 4.09. The highest BCUT2D eigenvalue weighted by molar-refractivity contribution is 9.10. The average Bonchev–Trinajstić information content (AvgIpc) is 2.03. The molecule has 0 amide bonds. The first kappa shape index (κ1) is 10.7. The van der Waals surface area contributed by atoms with Gasteiger partial charge >= 0.3 is 0 Å². The standard InChI is InChI=1S/C11H16BrN/c1-7(2)10-5-9(12)6-11(13-10)8(3)4/h5-8H,1-4H3. The van der Waals surface area contributed by atoms with Gasteiger partial charge in [-0.1, -0.05) is 43.6 Å². The summed E-state index contributed by atoms with van der Waals surface area (Å²) in [5.74, 6) is 0.991. The SMILES string of the molecule is CC(C)c1cc(Br)cc(C(C)C)n1. The van der Waals surface area contributed by atoms with Gasteiger partial charge in [0.1, 0.15) is 0 Å². The van der Waals surface area contributed by atoms with Gasteiger partial charge in [0, 0.05) is 15.9 Å². The van der Waals surface area contributed by atoms with Gasteiger partial charge < -0.3 is 0 Å². The first-order valence-corrected chi connectivity index (χ1v) is 5.47. The fraction of sp³-hybridized carbons (Fsp3) is 0.545. The van der Waals surface area contributed by atoms with Gasteiger partial charge in [0.25, 0.3) is 0 Å². The number of halogens is 1. The van der Waals surface area contributed by atoms with Crippen molar-refractivity contribution in [3.8, 4) is 0 Å². The van der Waals surface area contributed by atoms with Crippen molar-refractivity contribution in [3.63, 3.8) is 0 Å². The van der Waals surface area contributed by atoms with Gasteiger partial charge in [-0.25, -0.2) is 0 Å². The van der Waals surface area contributed by atoms with E-state index in [2.05, 4.69) is 60.7 Å². The molecule has 1 heterocycles. The summed E-state index contributed by atoms with van der Waals surface area (Å²) in [6.07, 6.45) is 0. The van der Waals surface area contributed by atoms with Gasteiger partial charge in [-0.15, -0.1) is 0 Å². The second kappa shape index (κ2) is 4.23. The van der Waals surface area contributed by atoms with Crippen LogP contribution in [-0.4, -0.2) is 4.98 Å². The highest BCUT2D eigenvalue weighted by Gasteiger charge is 2.07. The van der Waals surface area contributed by atoms with Crippen molar-refractivity contribution in [2.24, 2.45) is 0 Å². The molecule has 0 unspecified atom stereocenters. The molecular weight excluding hydrogens is 226 g/mol. The van der Waals surface area contributed by atoms with E-state index in [0.717, 1.165) is 15.9 Å². The molecule has 0 aliphatic carbocycles. The fourth-order valence-electron chi connectivity index (χ4n) is 1.13. The largest absolute Gasteiger partial charge is 0.257 e. The number of rotatable bonds is 2. The number of pyridine rings is 1. The van der Waals surface area contributed by atoms with Crippen LogP contribution in [0.2, 0.25) is 0 Å². The van der Waals surface area contributed by atoms with E-state index in [4.69, 9.17) is 0 Å². The first-order valence-electron chi connectivity index (χ1n) is 4.68. The zero-order valence-electron chi connectivity index (χ0n) is 8.63. The minimum atomic E-state index is 0.495. The third-order valence-corrected chi connectivity index (χ3v) is 2.47. The minimum absolute atomic E-state index is 0.495. The predicted molar refractivity (Wildman–Crippen MR) is 60.1 cm³/mol. The third-order valence-electron chi connectivity index (χ3n) is 2.01. The zero-order chi connectivity index (χ0) is 10.0. The van der Waals surface area contributed by atoms with E-state index in [1.807, 2.05) is 0 Å². The quantitative estimate of drug-likeness (QED) is 0.761. The summed E-state index contributed by atoms with van der Waals surface area (Å²) >= 11 is 3.51. The molecule has 0 bridgehead atoms. The molecule has 0 spiro atoms. The Kier molecular flexibility index (Phi) is 3.48. The van der Waals surface area contributed by atoms with Gasteiger partial charge in [0.15, 0.2) is 0 Å². The van der Waals surface area contributed by atoms with E-state index in [0.29, 0.717) is 11.8 Å². The molecule has 2 heteroatoms. The Hall–Kier alpha value is -0.370. The Balaban J connectivity index is 3.11. The van der Waals surface area contributed by atoms with Gasteiger partial charge in [0.2, 0.25) is 0 Å². The van der Waals surface area contributed by atoms with Gasteiger partial charge in [-0.3, -0.25) is 4.98 Å². The second-order valence-corrected chi connectivity index (χ2v) is 4.86. The lowest BCUT2D eigenvalue weighted by atomic mass is 10.1. The van der Waals surface area contributed by atoms with E-state index in [1.54, 1.807) is 0 Å². The highest BCUT2D eigenvalue weighted by Crippen LogP contribution is 2.22. The lowest BCUT2D eigenvalue weighted by Crippen LogP contribution is -1.99. The van der Waals surface area contributed by atoms with Crippen LogP contribution in [0.4, 0.5) is 0 Å². The number of hydrogen-bond acceptors (Lipinski definition) is 1. The Bertz CT molecular complexity index is 266. The topological polar surface area (TPSA) is 12.9 Å². The normalized spacial score (nSPS) is 11.3. The summed E-state index contributed by atoms with van der Waals surface area (Å²) in [7, 11) is 0. The van der Waals surface area contributed by atoms with Gasteiger partial charge in [-0.2, -0.15) is 0 Å². The molecule has 0 aromatic carbocycles. The van der Waals surface area contributed by atoms with Crippen LogP contribution in [0.25, 0.3) is 0 Å². The van der Waals surface area contributed by atoms with Crippen molar-refractivity contribution in [2.75, 3.05) is 0 Å². The van der Waals surface area contributed by atoms with Crippen LogP contribution < -0.4 is 0 Å².